The molecule has 0 aliphatic heterocycles. The van der Waals surface area contributed by atoms with Crippen LogP contribution in [0.3, 0.4) is 0 Å². The minimum absolute atomic E-state index is 0.253. The highest BCUT2D eigenvalue weighted by Gasteiger charge is 2.29. The number of aromatic nitrogens is 2. The Bertz CT molecular complexity index is 1410. The summed E-state index contributed by atoms with van der Waals surface area (Å²) in [7, 11) is 1.55. The third-order valence-electron chi connectivity index (χ3n) is 5.82. The summed E-state index contributed by atoms with van der Waals surface area (Å²) in [5.74, 6) is -0.331. The van der Waals surface area contributed by atoms with Crippen molar-refractivity contribution < 1.29 is 13.9 Å². The van der Waals surface area contributed by atoms with Crippen molar-refractivity contribution in [3.05, 3.63) is 105 Å². The van der Waals surface area contributed by atoms with E-state index in [0.29, 0.717) is 39.4 Å². The van der Waals surface area contributed by atoms with Crippen molar-refractivity contribution in [2.45, 2.75) is 19.4 Å². The number of ether oxygens (including phenoxy) is 1. The summed E-state index contributed by atoms with van der Waals surface area (Å²) in [6.07, 6.45) is 0.474. The number of nitrogens with zero attached hydrogens (tertiary/aromatic N) is 3. The highest BCUT2D eigenvalue weighted by atomic mass is 35.5. The fourth-order valence-electron chi connectivity index (χ4n) is 4.13. The molecule has 4 rings (SSSR count). The summed E-state index contributed by atoms with van der Waals surface area (Å²) in [6, 6.07) is 18.9. The first-order valence-corrected chi connectivity index (χ1v) is 11.7. The Hall–Kier alpha value is -3.55. The predicted octanol–water partition coefficient (Wildman–Crippen LogP) is 5.42. The molecule has 0 bridgehead atoms. The number of para-hydroxylation sites is 1. The Kier molecular flexibility index (Phi) is 7.58. The van der Waals surface area contributed by atoms with Gasteiger partial charge in [0.05, 0.1) is 29.2 Å². The minimum atomic E-state index is -0.570. The van der Waals surface area contributed by atoms with Gasteiger partial charge in [-0.05, 0) is 61.0 Å². The van der Waals surface area contributed by atoms with Gasteiger partial charge in [-0.2, -0.15) is 0 Å². The van der Waals surface area contributed by atoms with E-state index in [2.05, 4.69) is 0 Å². The van der Waals surface area contributed by atoms with Crippen LogP contribution in [-0.2, 0) is 4.74 Å². The molecule has 1 amide bonds. The first kappa shape index (κ1) is 24.6. The van der Waals surface area contributed by atoms with Gasteiger partial charge in [-0.25, -0.2) is 9.37 Å². The van der Waals surface area contributed by atoms with Crippen molar-refractivity contribution in [1.82, 2.24) is 14.5 Å². The Balaban J connectivity index is 1.94. The minimum Gasteiger partial charge on any atom is -0.383 e. The van der Waals surface area contributed by atoms with Crippen LogP contribution >= 0.6 is 11.6 Å². The van der Waals surface area contributed by atoms with Crippen molar-refractivity contribution in [3.8, 4) is 5.69 Å². The molecule has 4 aromatic rings. The molecule has 35 heavy (non-hydrogen) atoms. The molecule has 180 valence electrons. The van der Waals surface area contributed by atoms with E-state index < -0.39 is 11.9 Å². The molecule has 0 spiro atoms. The SMILES string of the molecule is CCC(c1nc2ccccc2c(=O)n1-c1cccc(Cl)c1)N(CCOC)C(=O)c1ccc(F)cc1. The van der Waals surface area contributed by atoms with E-state index in [1.165, 1.54) is 28.8 Å². The lowest BCUT2D eigenvalue weighted by Gasteiger charge is -2.32. The monoisotopic (exact) mass is 493 g/mol. The van der Waals surface area contributed by atoms with Crippen LogP contribution in [0.15, 0.2) is 77.6 Å². The molecule has 0 N–H and O–H groups in total. The van der Waals surface area contributed by atoms with Gasteiger partial charge in [0, 0.05) is 24.2 Å². The van der Waals surface area contributed by atoms with Crippen molar-refractivity contribution >= 4 is 28.4 Å². The molecule has 1 heterocycles. The number of benzene rings is 3. The van der Waals surface area contributed by atoms with E-state index in [4.69, 9.17) is 21.3 Å². The van der Waals surface area contributed by atoms with Crippen molar-refractivity contribution in [3.63, 3.8) is 0 Å². The Morgan fingerprint density at radius 1 is 1.11 bits per heavy atom. The van der Waals surface area contributed by atoms with Gasteiger partial charge in [0.15, 0.2) is 0 Å². The average Bonchev–Trinajstić information content (AvgIpc) is 2.86. The van der Waals surface area contributed by atoms with Crippen LogP contribution in [0, 0.1) is 5.82 Å². The Labute approximate surface area is 207 Å². The van der Waals surface area contributed by atoms with Crippen LogP contribution < -0.4 is 5.56 Å². The van der Waals surface area contributed by atoms with E-state index in [-0.39, 0.29) is 24.6 Å². The number of amides is 1. The molecule has 1 unspecified atom stereocenters. The van der Waals surface area contributed by atoms with Gasteiger partial charge in [0.25, 0.3) is 11.5 Å². The van der Waals surface area contributed by atoms with Gasteiger partial charge in [-0.1, -0.05) is 36.7 Å². The van der Waals surface area contributed by atoms with Gasteiger partial charge < -0.3 is 9.64 Å². The Morgan fingerprint density at radius 2 is 1.86 bits per heavy atom. The van der Waals surface area contributed by atoms with Gasteiger partial charge in [-0.3, -0.25) is 14.2 Å². The number of carbonyl (C=O) groups is 1. The molecule has 0 saturated heterocycles. The van der Waals surface area contributed by atoms with Crippen LogP contribution in [0.5, 0.6) is 0 Å². The van der Waals surface area contributed by atoms with Gasteiger partial charge in [-0.15, -0.1) is 0 Å². The summed E-state index contributed by atoms with van der Waals surface area (Å²) in [5, 5.41) is 0.930. The summed E-state index contributed by atoms with van der Waals surface area (Å²) in [5.41, 5.74) is 1.16. The second kappa shape index (κ2) is 10.8. The molecule has 1 atom stereocenters. The van der Waals surface area contributed by atoms with E-state index >= 15 is 0 Å². The normalized spacial score (nSPS) is 12.0. The molecule has 0 fully saturated rings. The first-order chi connectivity index (χ1) is 16.9. The molecule has 0 aliphatic rings. The number of rotatable bonds is 8. The highest BCUT2D eigenvalue weighted by Crippen LogP contribution is 2.28. The zero-order chi connectivity index (χ0) is 24.9. The second-order valence-corrected chi connectivity index (χ2v) is 8.47. The third kappa shape index (κ3) is 5.11. The first-order valence-electron chi connectivity index (χ1n) is 11.3. The summed E-state index contributed by atoms with van der Waals surface area (Å²) in [6.45, 7) is 2.45. The molecule has 3 aromatic carbocycles. The van der Waals surface area contributed by atoms with Crippen LogP contribution in [0.25, 0.3) is 16.6 Å². The van der Waals surface area contributed by atoms with E-state index in [1.807, 2.05) is 13.0 Å². The zero-order valence-corrected chi connectivity index (χ0v) is 20.2. The smallest absolute Gasteiger partial charge is 0.266 e. The molecular weight excluding hydrogens is 469 g/mol. The van der Waals surface area contributed by atoms with Crippen molar-refractivity contribution in [2.75, 3.05) is 20.3 Å². The number of fused-ring (bicyclic) bond motifs is 1. The van der Waals surface area contributed by atoms with Gasteiger partial charge in [0.1, 0.15) is 11.6 Å². The fourth-order valence-corrected chi connectivity index (χ4v) is 4.31. The lowest BCUT2D eigenvalue weighted by atomic mass is 10.1. The van der Waals surface area contributed by atoms with Gasteiger partial charge in [0.2, 0.25) is 0 Å². The van der Waals surface area contributed by atoms with E-state index in [9.17, 15) is 14.0 Å². The molecule has 0 aliphatic carbocycles. The van der Waals surface area contributed by atoms with Crippen LogP contribution in [0.4, 0.5) is 4.39 Å². The maximum atomic E-state index is 13.7. The molecule has 6 nitrogen and oxygen atoms in total. The van der Waals surface area contributed by atoms with Crippen molar-refractivity contribution in [1.29, 1.82) is 0 Å². The second-order valence-electron chi connectivity index (χ2n) is 8.03. The van der Waals surface area contributed by atoms with Gasteiger partial charge >= 0.3 is 0 Å². The summed E-state index contributed by atoms with van der Waals surface area (Å²) in [4.78, 5) is 33.8. The quantitative estimate of drug-likeness (QED) is 0.329. The van der Waals surface area contributed by atoms with Crippen LogP contribution in [0.1, 0.15) is 35.6 Å². The summed E-state index contributed by atoms with van der Waals surface area (Å²) >= 11 is 6.26. The summed E-state index contributed by atoms with van der Waals surface area (Å²) < 4.78 is 20.3. The molecule has 0 saturated carbocycles. The number of hydrogen-bond acceptors (Lipinski definition) is 4. The largest absolute Gasteiger partial charge is 0.383 e. The maximum Gasteiger partial charge on any atom is 0.266 e. The lowest BCUT2D eigenvalue weighted by molar-refractivity contribution is 0.0579. The van der Waals surface area contributed by atoms with E-state index in [0.717, 1.165) is 0 Å². The van der Waals surface area contributed by atoms with Crippen LogP contribution in [-0.4, -0.2) is 40.6 Å². The third-order valence-corrected chi connectivity index (χ3v) is 6.05. The lowest BCUT2D eigenvalue weighted by Crippen LogP contribution is -2.40. The predicted molar refractivity (Wildman–Crippen MR) is 135 cm³/mol. The number of halogens is 2. The zero-order valence-electron chi connectivity index (χ0n) is 19.4. The molecular formula is C27H25ClFN3O3. The topological polar surface area (TPSA) is 64.4 Å². The number of methoxy groups -OCH3 is 1. The van der Waals surface area contributed by atoms with Crippen molar-refractivity contribution in [2.24, 2.45) is 0 Å². The maximum absolute atomic E-state index is 13.7. The highest BCUT2D eigenvalue weighted by molar-refractivity contribution is 6.30. The van der Waals surface area contributed by atoms with Crippen LogP contribution in [0.2, 0.25) is 5.02 Å². The molecule has 8 heteroatoms. The number of hydrogen-bond donors (Lipinski definition) is 0. The standard InChI is InChI=1S/C27H25ClFN3O3/c1-3-24(31(15-16-35-2)26(33)18-11-13-20(29)14-12-18)25-30-23-10-5-4-9-22(23)27(34)32(25)21-8-6-7-19(28)17-21/h4-14,17,24H,3,15-16H2,1-2H3. The molecule has 0 radical (unpaired) electrons. The average molecular weight is 494 g/mol. The Morgan fingerprint density at radius 3 is 2.54 bits per heavy atom. The number of carbonyl (C=O) groups excluding carboxylic acids is 1. The van der Waals surface area contributed by atoms with E-state index in [1.54, 1.807) is 54.5 Å². The molecule has 1 aromatic heterocycles. The fraction of sp³-hybridized carbons (Fsp3) is 0.222.